The monoisotopic (exact) mass is 267 g/mol. The molecule has 1 heterocycles. The Kier molecular flexibility index (Phi) is 5.82. The van der Waals surface area contributed by atoms with Crippen LogP contribution in [0.15, 0.2) is 0 Å². The number of likely N-dealkylation sites (N-methyl/N-ethyl adjacent to an activating group) is 1. The van der Waals surface area contributed by atoms with Gasteiger partial charge in [0.1, 0.15) is 0 Å². The highest BCUT2D eigenvalue weighted by molar-refractivity contribution is 5.97. The van der Waals surface area contributed by atoms with Gasteiger partial charge in [0.05, 0.1) is 11.4 Å². The van der Waals surface area contributed by atoms with Crippen LogP contribution in [0.4, 0.5) is 5.69 Å². The van der Waals surface area contributed by atoms with Crippen molar-refractivity contribution in [1.82, 2.24) is 20.0 Å². The van der Waals surface area contributed by atoms with Crippen molar-refractivity contribution in [2.45, 2.75) is 26.7 Å². The Morgan fingerprint density at radius 2 is 1.95 bits per heavy atom. The number of carbonyl (C=O) groups is 1. The number of aromatic nitrogens is 2. The first-order valence-electron chi connectivity index (χ1n) is 6.77. The van der Waals surface area contributed by atoms with E-state index in [1.165, 1.54) is 0 Å². The van der Waals surface area contributed by atoms with Crippen LogP contribution in [0.3, 0.4) is 0 Å². The molecule has 3 N–H and O–H groups in total. The highest BCUT2D eigenvalue weighted by Gasteiger charge is 2.21. The van der Waals surface area contributed by atoms with Crippen LogP contribution in [-0.2, 0) is 6.42 Å². The number of nitrogens with two attached hydrogens (primary N) is 1. The maximum atomic E-state index is 12.4. The van der Waals surface area contributed by atoms with E-state index in [4.69, 9.17) is 5.73 Å². The lowest BCUT2D eigenvalue weighted by molar-refractivity contribution is 0.0740. The van der Waals surface area contributed by atoms with Crippen LogP contribution in [-0.4, -0.2) is 59.6 Å². The molecule has 0 saturated heterocycles. The highest BCUT2D eigenvalue weighted by Crippen LogP contribution is 2.16. The molecule has 0 fully saturated rings. The van der Waals surface area contributed by atoms with E-state index in [9.17, 15) is 4.79 Å². The van der Waals surface area contributed by atoms with Crippen molar-refractivity contribution in [3.05, 3.63) is 11.4 Å². The Morgan fingerprint density at radius 1 is 1.26 bits per heavy atom. The molecule has 0 aliphatic carbocycles. The van der Waals surface area contributed by atoms with Crippen LogP contribution in [0.25, 0.3) is 0 Å². The Bertz CT molecular complexity index is 413. The van der Waals surface area contributed by atoms with E-state index < -0.39 is 0 Å². The Labute approximate surface area is 114 Å². The summed E-state index contributed by atoms with van der Waals surface area (Å²) in [5.74, 6) is -0.0860. The quantitative estimate of drug-likeness (QED) is 0.771. The fourth-order valence-electron chi connectivity index (χ4n) is 1.87. The molecule has 0 spiro atoms. The lowest BCUT2D eigenvalue weighted by Gasteiger charge is -2.23. The zero-order valence-corrected chi connectivity index (χ0v) is 12.4. The second-order valence-electron chi connectivity index (χ2n) is 4.91. The van der Waals surface area contributed by atoms with Crippen LogP contribution in [0, 0.1) is 0 Å². The maximum absolute atomic E-state index is 12.4. The summed E-state index contributed by atoms with van der Waals surface area (Å²) in [6.07, 6.45) is 1.67. The first-order valence-corrected chi connectivity index (χ1v) is 6.77. The molecule has 6 heteroatoms. The van der Waals surface area contributed by atoms with Crippen molar-refractivity contribution < 1.29 is 4.79 Å². The molecule has 1 aromatic heterocycles. The molecular formula is C13H25N5O. The molecule has 0 atom stereocenters. The molecule has 0 saturated carbocycles. The minimum Gasteiger partial charge on any atom is -0.395 e. The summed E-state index contributed by atoms with van der Waals surface area (Å²) < 4.78 is 0. The summed E-state index contributed by atoms with van der Waals surface area (Å²) in [7, 11) is 3.99. The van der Waals surface area contributed by atoms with Gasteiger partial charge in [-0.05, 0) is 26.9 Å². The molecule has 0 aromatic carbocycles. The van der Waals surface area contributed by atoms with Gasteiger partial charge in [-0.25, -0.2) is 0 Å². The molecule has 0 bridgehead atoms. The number of nitrogens with zero attached hydrogens (tertiary/aromatic N) is 3. The minimum atomic E-state index is -0.0860. The second-order valence-corrected chi connectivity index (χ2v) is 4.91. The van der Waals surface area contributed by atoms with Crippen LogP contribution >= 0.6 is 0 Å². The normalized spacial score (nSPS) is 11.0. The molecule has 6 nitrogen and oxygen atoms in total. The molecule has 1 aromatic rings. The number of aromatic amines is 1. The Morgan fingerprint density at radius 3 is 2.42 bits per heavy atom. The SMILES string of the molecule is CCCN(CCN(C)C)C(=O)c1n[nH]c(CC)c1N. The van der Waals surface area contributed by atoms with Crippen molar-refractivity contribution in [2.24, 2.45) is 0 Å². The summed E-state index contributed by atoms with van der Waals surface area (Å²) in [6.45, 7) is 6.28. The van der Waals surface area contributed by atoms with Gasteiger partial charge < -0.3 is 15.5 Å². The zero-order chi connectivity index (χ0) is 14.4. The lowest BCUT2D eigenvalue weighted by Crippen LogP contribution is -2.37. The number of nitrogens with one attached hydrogen (secondary N) is 1. The number of rotatable bonds is 7. The molecule has 0 unspecified atom stereocenters. The third-order valence-electron chi connectivity index (χ3n) is 3.04. The van der Waals surface area contributed by atoms with Gasteiger partial charge in [0, 0.05) is 19.6 Å². The van der Waals surface area contributed by atoms with Crippen molar-refractivity contribution in [2.75, 3.05) is 39.5 Å². The van der Waals surface area contributed by atoms with Gasteiger partial charge in [-0.2, -0.15) is 5.10 Å². The standard InChI is InChI=1S/C13H25N5O/c1-5-7-18(9-8-17(3)4)13(19)12-11(14)10(6-2)15-16-12/h5-9,14H2,1-4H3,(H,15,16). The second kappa shape index (κ2) is 7.13. The van der Waals surface area contributed by atoms with Crippen molar-refractivity contribution in [1.29, 1.82) is 0 Å². The van der Waals surface area contributed by atoms with Crippen molar-refractivity contribution in [3.8, 4) is 0 Å². The molecule has 108 valence electrons. The van der Waals surface area contributed by atoms with E-state index in [1.807, 2.05) is 25.9 Å². The van der Waals surface area contributed by atoms with Crippen molar-refractivity contribution >= 4 is 11.6 Å². The number of hydrogen-bond donors (Lipinski definition) is 2. The van der Waals surface area contributed by atoms with Crippen LogP contribution < -0.4 is 5.73 Å². The topological polar surface area (TPSA) is 78.2 Å². The van der Waals surface area contributed by atoms with Gasteiger partial charge in [0.25, 0.3) is 5.91 Å². The molecule has 1 amide bonds. The molecule has 0 aliphatic rings. The summed E-state index contributed by atoms with van der Waals surface area (Å²) >= 11 is 0. The Balaban J connectivity index is 2.82. The largest absolute Gasteiger partial charge is 0.395 e. The average Bonchev–Trinajstić information content (AvgIpc) is 2.74. The predicted octanol–water partition coefficient (Wildman–Crippen LogP) is 0.968. The number of H-pyrrole nitrogens is 1. The first kappa shape index (κ1) is 15.5. The number of hydrogen-bond acceptors (Lipinski definition) is 4. The average molecular weight is 267 g/mol. The van der Waals surface area contributed by atoms with Gasteiger partial charge in [-0.15, -0.1) is 0 Å². The third-order valence-corrected chi connectivity index (χ3v) is 3.04. The van der Waals surface area contributed by atoms with Crippen LogP contribution in [0.2, 0.25) is 0 Å². The smallest absolute Gasteiger partial charge is 0.276 e. The van der Waals surface area contributed by atoms with Gasteiger partial charge in [-0.1, -0.05) is 13.8 Å². The number of anilines is 1. The third kappa shape index (κ3) is 3.96. The van der Waals surface area contributed by atoms with E-state index in [0.29, 0.717) is 17.9 Å². The van der Waals surface area contributed by atoms with E-state index in [2.05, 4.69) is 22.0 Å². The number of nitrogen functional groups attached to an aromatic ring is 1. The van der Waals surface area contributed by atoms with Gasteiger partial charge in [0.2, 0.25) is 0 Å². The van der Waals surface area contributed by atoms with Gasteiger partial charge in [-0.3, -0.25) is 9.89 Å². The summed E-state index contributed by atoms with van der Waals surface area (Å²) in [6, 6.07) is 0. The number of aryl methyl sites for hydroxylation is 1. The van der Waals surface area contributed by atoms with E-state index in [0.717, 1.165) is 31.6 Å². The minimum absolute atomic E-state index is 0.0860. The predicted molar refractivity (Wildman–Crippen MR) is 77.1 cm³/mol. The van der Waals surface area contributed by atoms with E-state index in [-0.39, 0.29) is 5.91 Å². The number of amides is 1. The fourth-order valence-corrected chi connectivity index (χ4v) is 1.87. The molecule has 19 heavy (non-hydrogen) atoms. The number of carbonyl (C=O) groups excluding carboxylic acids is 1. The summed E-state index contributed by atoms with van der Waals surface area (Å²) in [4.78, 5) is 16.3. The summed E-state index contributed by atoms with van der Waals surface area (Å²) in [5, 5.41) is 6.90. The maximum Gasteiger partial charge on any atom is 0.276 e. The zero-order valence-electron chi connectivity index (χ0n) is 12.4. The van der Waals surface area contributed by atoms with Crippen molar-refractivity contribution in [3.63, 3.8) is 0 Å². The molecular weight excluding hydrogens is 242 g/mol. The first-order chi connectivity index (χ1) is 9.01. The van der Waals surface area contributed by atoms with Gasteiger partial charge in [0.15, 0.2) is 5.69 Å². The lowest BCUT2D eigenvalue weighted by atomic mass is 10.2. The van der Waals surface area contributed by atoms with Crippen LogP contribution in [0.1, 0.15) is 36.5 Å². The van der Waals surface area contributed by atoms with E-state index in [1.54, 1.807) is 0 Å². The highest BCUT2D eigenvalue weighted by atomic mass is 16.2. The van der Waals surface area contributed by atoms with Crippen LogP contribution in [0.5, 0.6) is 0 Å². The molecule has 1 rings (SSSR count). The van der Waals surface area contributed by atoms with E-state index >= 15 is 0 Å². The molecule has 0 aliphatic heterocycles. The summed E-state index contributed by atoms with van der Waals surface area (Å²) in [5.41, 5.74) is 7.61. The van der Waals surface area contributed by atoms with Gasteiger partial charge >= 0.3 is 0 Å². The Hall–Kier alpha value is -1.56. The fraction of sp³-hybridized carbons (Fsp3) is 0.692. The molecule has 0 radical (unpaired) electrons.